The van der Waals surface area contributed by atoms with Crippen molar-refractivity contribution in [3.05, 3.63) is 18.2 Å². The lowest BCUT2D eigenvalue weighted by Crippen LogP contribution is -2.25. The first-order chi connectivity index (χ1) is 9.10. The summed E-state index contributed by atoms with van der Waals surface area (Å²) in [6.45, 7) is 0. The fourth-order valence-electron chi connectivity index (χ4n) is 1.13. The Kier molecular flexibility index (Phi) is 3.98. The molecule has 0 radical (unpaired) electrons. The van der Waals surface area contributed by atoms with Crippen LogP contribution in [-0.2, 0) is 19.7 Å². The van der Waals surface area contributed by atoms with Gasteiger partial charge in [-0.2, -0.15) is 26.3 Å². The minimum Gasteiger partial charge on any atom is -0.508 e. The molecule has 0 amide bonds. The lowest BCUT2D eigenvalue weighted by atomic mass is 10.3. The highest BCUT2D eigenvalue weighted by atomic mass is 32.2. The van der Waals surface area contributed by atoms with Crippen LogP contribution in [0.4, 0.5) is 26.3 Å². The molecule has 0 aliphatic rings. The number of phenolic OH excluding ortho intramolecular Hbond substituents is 1. The fraction of sp³-hybridized carbons (Fsp3) is 0.250. The van der Waals surface area contributed by atoms with Gasteiger partial charge >= 0.3 is 11.0 Å². The van der Waals surface area contributed by atoms with E-state index < -0.39 is 46.2 Å². The second-order valence-electron chi connectivity index (χ2n) is 3.56. The van der Waals surface area contributed by atoms with E-state index in [1.165, 1.54) is 0 Å². The molecule has 0 aliphatic carbocycles. The van der Waals surface area contributed by atoms with Gasteiger partial charge in [0.25, 0.3) is 19.7 Å². The second-order valence-corrected chi connectivity index (χ2v) is 7.44. The van der Waals surface area contributed by atoms with Gasteiger partial charge in [0.05, 0.1) is 9.79 Å². The second kappa shape index (κ2) is 4.76. The average molecular weight is 358 g/mol. The summed E-state index contributed by atoms with van der Waals surface area (Å²) in [7, 11) is -12.2. The molecule has 0 aromatic heterocycles. The molecule has 21 heavy (non-hydrogen) atoms. The predicted octanol–water partition coefficient (Wildman–Crippen LogP) is 1.98. The highest BCUT2D eigenvalue weighted by Gasteiger charge is 2.50. The number of sulfone groups is 2. The number of halogens is 6. The fourth-order valence-corrected chi connectivity index (χ4v) is 2.86. The van der Waals surface area contributed by atoms with E-state index in [2.05, 4.69) is 0 Å². The standard InChI is InChI=1S/C8H4F6O5S2/c9-7(10,11)20(16,17)5-1-4(15)2-6(3-5)21(18,19)8(12,13)14/h1-3,15H. The van der Waals surface area contributed by atoms with Crippen molar-refractivity contribution in [2.75, 3.05) is 0 Å². The highest BCUT2D eigenvalue weighted by Crippen LogP contribution is 2.36. The first-order valence-corrected chi connectivity index (χ1v) is 7.54. The maximum absolute atomic E-state index is 12.3. The Morgan fingerprint density at radius 2 is 1.00 bits per heavy atom. The van der Waals surface area contributed by atoms with Crippen molar-refractivity contribution >= 4 is 19.7 Å². The summed E-state index contributed by atoms with van der Waals surface area (Å²) in [5.41, 5.74) is -11.7. The van der Waals surface area contributed by atoms with Crippen LogP contribution in [0.5, 0.6) is 5.75 Å². The molecule has 0 saturated heterocycles. The van der Waals surface area contributed by atoms with E-state index in [9.17, 15) is 43.2 Å². The number of phenols is 1. The summed E-state index contributed by atoms with van der Waals surface area (Å²) in [6, 6.07) is -0.359. The quantitative estimate of drug-likeness (QED) is 0.817. The summed E-state index contributed by atoms with van der Waals surface area (Å²) in [5, 5.41) is 8.99. The molecule has 0 bridgehead atoms. The number of aromatic hydroxyl groups is 1. The van der Waals surface area contributed by atoms with E-state index in [-0.39, 0.29) is 18.2 Å². The maximum atomic E-state index is 12.3. The zero-order valence-electron chi connectivity index (χ0n) is 9.40. The first kappa shape index (κ1) is 17.6. The van der Waals surface area contributed by atoms with Gasteiger partial charge in [-0.15, -0.1) is 0 Å². The van der Waals surface area contributed by atoms with Gasteiger partial charge in [-0.25, -0.2) is 16.8 Å². The van der Waals surface area contributed by atoms with Gasteiger partial charge in [0.1, 0.15) is 5.75 Å². The van der Waals surface area contributed by atoms with E-state index in [4.69, 9.17) is 5.11 Å². The monoisotopic (exact) mass is 358 g/mol. The molecule has 1 aromatic carbocycles. The van der Waals surface area contributed by atoms with E-state index >= 15 is 0 Å². The number of hydrogen-bond acceptors (Lipinski definition) is 5. The van der Waals surface area contributed by atoms with E-state index in [0.29, 0.717) is 0 Å². The third-order valence-corrected chi connectivity index (χ3v) is 5.03. The molecule has 1 rings (SSSR count). The Labute approximate surface area is 113 Å². The zero-order chi connectivity index (χ0) is 16.9. The average Bonchev–Trinajstić information content (AvgIpc) is 2.24. The van der Waals surface area contributed by atoms with E-state index in [1.54, 1.807) is 0 Å². The molecule has 13 heteroatoms. The smallest absolute Gasteiger partial charge is 0.501 e. The minimum absolute atomic E-state index is 0.0157. The van der Waals surface area contributed by atoms with Crippen molar-refractivity contribution in [3.63, 3.8) is 0 Å². The van der Waals surface area contributed by atoms with Crippen molar-refractivity contribution in [2.45, 2.75) is 20.8 Å². The summed E-state index contributed by atoms with van der Waals surface area (Å²) in [5.74, 6) is -1.39. The van der Waals surface area contributed by atoms with Gasteiger partial charge in [0.2, 0.25) is 0 Å². The van der Waals surface area contributed by atoms with Gasteiger partial charge in [-0.3, -0.25) is 0 Å². The minimum atomic E-state index is -6.12. The van der Waals surface area contributed by atoms with Crippen molar-refractivity contribution in [3.8, 4) is 5.75 Å². The lowest BCUT2D eigenvalue weighted by Gasteiger charge is -2.12. The van der Waals surface area contributed by atoms with Crippen LogP contribution in [0.25, 0.3) is 0 Å². The van der Waals surface area contributed by atoms with Crippen molar-refractivity contribution < 1.29 is 48.3 Å². The zero-order valence-corrected chi connectivity index (χ0v) is 11.0. The number of rotatable bonds is 2. The maximum Gasteiger partial charge on any atom is 0.501 e. The molecule has 0 aliphatic heterocycles. The van der Waals surface area contributed by atoms with Crippen molar-refractivity contribution in [1.29, 1.82) is 0 Å². The molecule has 0 spiro atoms. The molecule has 0 atom stereocenters. The van der Waals surface area contributed by atoms with Gasteiger partial charge in [0.15, 0.2) is 0 Å². The van der Waals surface area contributed by atoms with Crippen LogP contribution in [0, 0.1) is 0 Å². The summed E-state index contributed by atoms with van der Waals surface area (Å²) >= 11 is 0. The Bertz CT molecular complexity index is 697. The van der Waals surface area contributed by atoms with Crippen molar-refractivity contribution in [1.82, 2.24) is 0 Å². The Hall–Kier alpha value is -1.50. The van der Waals surface area contributed by atoms with Gasteiger partial charge < -0.3 is 5.11 Å². The first-order valence-electron chi connectivity index (χ1n) is 4.57. The molecular weight excluding hydrogens is 354 g/mol. The molecule has 5 nitrogen and oxygen atoms in total. The van der Waals surface area contributed by atoms with Crippen LogP contribution >= 0.6 is 0 Å². The van der Waals surface area contributed by atoms with Gasteiger partial charge in [-0.05, 0) is 18.2 Å². The van der Waals surface area contributed by atoms with Gasteiger partial charge in [0, 0.05) is 0 Å². The molecule has 0 heterocycles. The normalized spacial score (nSPS) is 14.2. The highest BCUT2D eigenvalue weighted by molar-refractivity contribution is 7.93. The topological polar surface area (TPSA) is 88.5 Å². The molecule has 0 fully saturated rings. The molecular formula is C8H4F6O5S2. The van der Waals surface area contributed by atoms with Crippen LogP contribution in [0.2, 0.25) is 0 Å². The van der Waals surface area contributed by atoms with E-state index in [1.807, 2.05) is 0 Å². The molecule has 1 N–H and O–H groups in total. The molecule has 0 saturated carbocycles. The van der Waals surface area contributed by atoms with Gasteiger partial charge in [-0.1, -0.05) is 0 Å². The predicted molar refractivity (Wildman–Crippen MR) is 54.6 cm³/mol. The number of benzene rings is 1. The van der Waals surface area contributed by atoms with Crippen LogP contribution in [-0.4, -0.2) is 33.0 Å². The summed E-state index contributed by atoms with van der Waals surface area (Å²) in [4.78, 5) is -3.64. The Balaban J connectivity index is 3.67. The number of alkyl halides is 6. The van der Waals surface area contributed by atoms with Crippen LogP contribution < -0.4 is 0 Å². The Morgan fingerprint density at radius 3 is 1.24 bits per heavy atom. The van der Waals surface area contributed by atoms with E-state index in [0.717, 1.165) is 0 Å². The molecule has 120 valence electrons. The summed E-state index contributed by atoms with van der Waals surface area (Å²) in [6.07, 6.45) is 0. The van der Waals surface area contributed by atoms with Crippen LogP contribution in [0.1, 0.15) is 0 Å². The third kappa shape index (κ3) is 3.07. The van der Waals surface area contributed by atoms with Crippen LogP contribution in [0.15, 0.2) is 28.0 Å². The van der Waals surface area contributed by atoms with Crippen molar-refractivity contribution in [2.24, 2.45) is 0 Å². The largest absolute Gasteiger partial charge is 0.508 e. The van der Waals surface area contributed by atoms with Crippen LogP contribution in [0.3, 0.4) is 0 Å². The molecule has 0 unspecified atom stereocenters. The Morgan fingerprint density at radius 1 is 0.714 bits per heavy atom. The summed E-state index contributed by atoms with van der Waals surface area (Å²) < 4.78 is 118. The lowest BCUT2D eigenvalue weighted by molar-refractivity contribution is -0.0438. The SMILES string of the molecule is O=S(=O)(c1cc(O)cc(S(=O)(=O)C(F)(F)F)c1)C(F)(F)F. The third-order valence-electron chi connectivity index (χ3n) is 2.09. The molecule has 1 aromatic rings. The number of hydrogen-bond donors (Lipinski definition) is 1.